The summed E-state index contributed by atoms with van der Waals surface area (Å²) in [6, 6.07) is 28.8. The number of carboxylic acids is 1. The molecule has 0 saturated carbocycles. The van der Waals surface area contributed by atoms with E-state index in [4.69, 9.17) is 4.74 Å². The number of nitrogens with zero attached hydrogens (tertiary/aromatic N) is 1. The van der Waals surface area contributed by atoms with E-state index in [-0.39, 0.29) is 17.0 Å². The van der Waals surface area contributed by atoms with E-state index in [1.807, 2.05) is 49.4 Å². The maximum atomic E-state index is 14.4. The van der Waals surface area contributed by atoms with E-state index >= 15 is 0 Å². The van der Waals surface area contributed by atoms with Crippen molar-refractivity contribution in [2.75, 3.05) is 4.90 Å². The molecule has 5 rings (SSSR count). The quantitative estimate of drug-likeness (QED) is 0.209. The van der Waals surface area contributed by atoms with Crippen LogP contribution in [0.25, 0.3) is 21.2 Å². The smallest absolute Gasteiger partial charge is 0.341 e. The minimum atomic E-state index is -1.07. The van der Waals surface area contributed by atoms with Crippen LogP contribution in [0.2, 0.25) is 0 Å². The van der Waals surface area contributed by atoms with Gasteiger partial charge in [-0.15, -0.1) is 11.3 Å². The molecular weight excluding hydrogens is 534 g/mol. The summed E-state index contributed by atoms with van der Waals surface area (Å²) in [7, 11) is 0. The topological polar surface area (TPSA) is 83.9 Å². The fraction of sp³-hybridized carbons (Fsp3) is 0.147. The Labute approximate surface area is 242 Å². The van der Waals surface area contributed by atoms with Gasteiger partial charge in [-0.25, -0.2) is 9.59 Å². The second kappa shape index (κ2) is 11.0. The molecule has 0 aliphatic carbocycles. The maximum Gasteiger partial charge on any atom is 0.341 e. The molecule has 0 unspecified atom stereocenters. The number of hydrogen-bond acceptors (Lipinski definition) is 5. The number of anilines is 2. The largest absolute Gasteiger partial charge is 0.478 e. The van der Waals surface area contributed by atoms with E-state index in [0.717, 1.165) is 16.0 Å². The first-order valence-electron chi connectivity index (χ1n) is 13.1. The van der Waals surface area contributed by atoms with Gasteiger partial charge >= 0.3 is 11.9 Å². The van der Waals surface area contributed by atoms with Gasteiger partial charge in [0.25, 0.3) is 5.91 Å². The van der Waals surface area contributed by atoms with Gasteiger partial charge in [-0.1, -0.05) is 72.3 Å². The Morgan fingerprint density at radius 2 is 1.41 bits per heavy atom. The molecule has 0 bridgehead atoms. The van der Waals surface area contributed by atoms with Crippen LogP contribution in [0.3, 0.4) is 0 Å². The van der Waals surface area contributed by atoms with Gasteiger partial charge in [0.05, 0.1) is 16.8 Å². The number of aromatic carboxylic acids is 1. The first kappa shape index (κ1) is 27.8. The molecule has 0 atom stereocenters. The highest BCUT2D eigenvalue weighted by Gasteiger charge is 2.31. The second-order valence-corrected chi connectivity index (χ2v) is 11.7. The van der Waals surface area contributed by atoms with Gasteiger partial charge in [0, 0.05) is 15.8 Å². The summed E-state index contributed by atoms with van der Waals surface area (Å²) >= 11 is 1.30. The molecule has 0 aliphatic heterocycles. The van der Waals surface area contributed by atoms with Crippen molar-refractivity contribution in [3.63, 3.8) is 0 Å². The highest BCUT2D eigenvalue weighted by Crippen LogP contribution is 2.44. The standard InChI is InChI=1S/C34H29NO5S/c1-21-14-16-23(17-15-21)30(36)35(28-19-18-26(32(37)38)24-12-8-9-13-25(24)28)31-27(33(39)40-34(2,3)4)20-29(41-31)22-10-6-5-7-11-22/h5-20H,1-4H3,(H,37,38). The van der Waals surface area contributed by atoms with Crippen molar-refractivity contribution >= 4 is 50.6 Å². The second-order valence-electron chi connectivity index (χ2n) is 10.7. The van der Waals surface area contributed by atoms with Crippen LogP contribution < -0.4 is 4.90 Å². The van der Waals surface area contributed by atoms with Crippen LogP contribution in [0.15, 0.2) is 97.1 Å². The summed E-state index contributed by atoms with van der Waals surface area (Å²) in [5.74, 6) is -1.98. The lowest BCUT2D eigenvalue weighted by molar-refractivity contribution is 0.00709. The first-order chi connectivity index (χ1) is 19.5. The van der Waals surface area contributed by atoms with Crippen LogP contribution in [0, 0.1) is 6.92 Å². The Hall–Kier alpha value is -4.75. The van der Waals surface area contributed by atoms with E-state index in [1.54, 1.807) is 69.3 Å². The van der Waals surface area contributed by atoms with Crippen molar-refractivity contribution in [2.45, 2.75) is 33.3 Å². The van der Waals surface area contributed by atoms with Crippen LogP contribution in [0.4, 0.5) is 10.7 Å². The van der Waals surface area contributed by atoms with Crippen LogP contribution >= 0.6 is 11.3 Å². The Balaban J connectivity index is 1.81. The van der Waals surface area contributed by atoms with E-state index in [1.165, 1.54) is 22.3 Å². The van der Waals surface area contributed by atoms with Gasteiger partial charge in [0.2, 0.25) is 0 Å². The van der Waals surface area contributed by atoms with E-state index < -0.39 is 17.5 Å². The highest BCUT2D eigenvalue weighted by atomic mass is 32.1. The molecule has 1 aromatic heterocycles. The zero-order valence-electron chi connectivity index (χ0n) is 23.2. The molecule has 0 radical (unpaired) electrons. The van der Waals surface area contributed by atoms with Gasteiger partial charge < -0.3 is 9.84 Å². The molecule has 206 valence electrons. The zero-order chi connectivity index (χ0) is 29.3. The minimum absolute atomic E-state index is 0.121. The first-order valence-corrected chi connectivity index (χ1v) is 13.9. The lowest BCUT2D eigenvalue weighted by Crippen LogP contribution is -2.29. The van der Waals surface area contributed by atoms with E-state index in [0.29, 0.717) is 27.0 Å². The Morgan fingerprint density at radius 3 is 2.05 bits per heavy atom. The molecule has 5 aromatic rings. The van der Waals surface area contributed by atoms with Crippen molar-refractivity contribution in [1.29, 1.82) is 0 Å². The molecule has 1 amide bonds. The van der Waals surface area contributed by atoms with Crippen molar-refractivity contribution in [1.82, 2.24) is 0 Å². The Kier molecular flexibility index (Phi) is 7.47. The molecule has 0 spiro atoms. The molecule has 0 fully saturated rings. The number of amides is 1. The monoisotopic (exact) mass is 563 g/mol. The van der Waals surface area contributed by atoms with Gasteiger partial charge in [-0.05, 0) is 69.0 Å². The third-order valence-corrected chi connectivity index (χ3v) is 7.64. The van der Waals surface area contributed by atoms with Crippen LogP contribution in [-0.4, -0.2) is 28.6 Å². The number of benzene rings is 4. The van der Waals surface area contributed by atoms with Crippen molar-refractivity contribution in [3.8, 4) is 10.4 Å². The summed E-state index contributed by atoms with van der Waals surface area (Å²) in [5.41, 5.74) is 2.38. The van der Waals surface area contributed by atoms with Gasteiger partial charge in [0.15, 0.2) is 0 Å². The molecule has 0 saturated heterocycles. The normalized spacial score (nSPS) is 11.3. The Morgan fingerprint density at radius 1 is 0.780 bits per heavy atom. The Bertz CT molecular complexity index is 1770. The number of thiophene rings is 1. The summed E-state index contributed by atoms with van der Waals surface area (Å²) in [6.07, 6.45) is 0. The lowest BCUT2D eigenvalue weighted by atomic mass is 10.0. The molecule has 7 heteroatoms. The van der Waals surface area contributed by atoms with Gasteiger partial charge in [0.1, 0.15) is 10.6 Å². The van der Waals surface area contributed by atoms with Crippen LogP contribution in [0.5, 0.6) is 0 Å². The molecule has 6 nitrogen and oxygen atoms in total. The number of aryl methyl sites for hydroxylation is 1. The predicted octanol–water partition coefficient (Wildman–Crippen LogP) is 8.51. The number of fused-ring (bicyclic) bond motifs is 1. The number of ether oxygens (including phenoxy) is 1. The number of hydrogen-bond donors (Lipinski definition) is 1. The molecular formula is C34H29NO5S. The van der Waals surface area contributed by atoms with Crippen molar-refractivity contribution < 1.29 is 24.2 Å². The minimum Gasteiger partial charge on any atom is -0.478 e. The third kappa shape index (κ3) is 5.76. The number of rotatable bonds is 6. The number of carbonyl (C=O) groups is 3. The predicted molar refractivity (Wildman–Crippen MR) is 163 cm³/mol. The number of carboxylic acid groups (broad SMARTS) is 1. The molecule has 4 aromatic carbocycles. The van der Waals surface area contributed by atoms with Crippen LogP contribution in [0.1, 0.15) is 57.4 Å². The van der Waals surface area contributed by atoms with E-state index in [2.05, 4.69) is 0 Å². The summed E-state index contributed by atoms with van der Waals surface area (Å²) < 4.78 is 5.79. The average Bonchev–Trinajstić information content (AvgIpc) is 3.38. The fourth-order valence-corrected chi connectivity index (χ4v) is 5.74. The lowest BCUT2D eigenvalue weighted by Gasteiger charge is -2.26. The summed E-state index contributed by atoms with van der Waals surface area (Å²) in [5, 5.41) is 11.3. The summed E-state index contributed by atoms with van der Waals surface area (Å²) in [6.45, 7) is 7.32. The van der Waals surface area contributed by atoms with Crippen molar-refractivity contribution in [2.24, 2.45) is 0 Å². The summed E-state index contributed by atoms with van der Waals surface area (Å²) in [4.78, 5) is 42.4. The number of carbonyl (C=O) groups excluding carboxylic acids is 2. The average molecular weight is 564 g/mol. The van der Waals surface area contributed by atoms with Gasteiger partial charge in [-0.3, -0.25) is 9.69 Å². The molecule has 0 aliphatic rings. The molecule has 41 heavy (non-hydrogen) atoms. The van der Waals surface area contributed by atoms with E-state index in [9.17, 15) is 19.5 Å². The van der Waals surface area contributed by atoms with Crippen LogP contribution in [-0.2, 0) is 4.74 Å². The third-order valence-electron chi connectivity index (χ3n) is 6.47. The molecule has 1 heterocycles. The van der Waals surface area contributed by atoms with Gasteiger partial charge in [-0.2, -0.15) is 0 Å². The number of esters is 1. The fourth-order valence-electron chi connectivity index (χ4n) is 4.57. The SMILES string of the molecule is Cc1ccc(C(=O)N(c2sc(-c3ccccc3)cc2C(=O)OC(C)(C)C)c2ccc(C(=O)O)c3ccccc23)cc1. The zero-order valence-corrected chi connectivity index (χ0v) is 24.0. The molecule has 1 N–H and O–H groups in total. The van der Waals surface area contributed by atoms with Crippen molar-refractivity contribution in [3.05, 3.63) is 119 Å². The maximum absolute atomic E-state index is 14.4. The highest BCUT2D eigenvalue weighted by molar-refractivity contribution is 7.20.